The highest BCUT2D eigenvalue weighted by molar-refractivity contribution is 9.10. The zero-order valence-corrected chi connectivity index (χ0v) is 12.5. The molecule has 0 saturated carbocycles. The van der Waals surface area contributed by atoms with Gasteiger partial charge in [0.25, 0.3) is 0 Å². The third kappa shape index (κ3) is 4.09. The zero-order valence-electron chi connectivity index (χ0n) is 10.9. The average molecular weight is 355 g/mol. The van der Waals surface area contributed by atoms with E-state index in [0.717, 1.165) is 17.7 Å². The lowest BCUT2D eigenvalue weighted by molar-refractivity contribution is -0.117. The number of carbonyl (C=O) groups excluding carboxylic acids is 1. The number of amides is 1. The van der Waals surface area contributed by atoms with Crippen LogP contribution in [0.4, 0.5) is 14.5 Å². The van der Waals surface area contributed by atoms with Gasteiger partial charge in [0.2, 0.25) is 5.91 Å². The van der Waals surface area contributed by atoms with E-state index in [2.05, 4.69) is 21.2 Å². The fourth-order valence-corrected chi connectivity index (χ4v) is 2.24. The molecule has 3 nitrogen and oxygen atoms in total. The summed E-state index contributed by atoms with van der Waals surface area (Å²) < 4.78 is 27.5. The molecule has 0 spiro atoms. The highest BCUT2D eigenvalue weighted by Gasteiger charge is 2.18. The van der Waals surface area contributed by atoms with Crippen LogP contribution in [0.25, 0.3) is 0 Å². The second kappa shape index (κ2) is 6.78. The molecule has 1 atom stereocenters. The van der Waals surface area contributed by atoms with Crippen molar-refractivity contribution in [1.82, 2.24) is 0 Å². The smallest absolute Gasteiger partial charge is 0.241 e. The van der Waals surface area contributed by atoms with Gasteiger partial charge < -0.3 is 11.1 Å². The lowest BCUT2D eigenvalue weighted by atomic mass is 10.1. The summed E-state index contributed by atoms with van der Waals surface area (Å²) in [6, 6.07) is 10.4. The van der Waals surface area contributed by atoms with Gasteiger partial charge in [-0.1, -0.05) is 46.3 Å². The fraction of sp³-hybridized carbons (Fsp3) is 0.133. The first kappa shape index (κ1) is 15.6. The van der Waals surface area contributed by atoms with Gasteiger partial charge in [0.1, 0.15) is 5.69 Å². The van der Waals surface area contributed by atoms with Gasteiger partial charge in [-0.05, 0) is 24.1 Å². The number of hydrogen-bond donors (Lipinski definition) is 2. The Morgan fingerprint density at radius 1 is 1.19 bits per heavy atom. The highest BCUT2D eigenvalue weighted by atomic mass is 79.9. The van der Waals surface area contributed by atoms with Crippen molar-refractivity contribution in [3.63, 3.8) is 0 Å². The summed E-state index contributed by atoms with van der Waals surface area (Å²) >= 11 is 2.97. The van der Waals surface area contributed by atoms with Crippen LogP contribution in [-0.4, -0.2) is 11.9 Å². The molecule has 1 amide bonds. The molecular formula is C15H13BrF2N2O. The summed E-state index contributed by atoms with van der Waals surface area (Å²) in [6.07, 6.45) is 0.284. The Kier molecular flexibility index (Phi) is 5.03. The van der Waals surface area contributed by atoms with Gasteiger partial charge in [0.15, 0.2) is 11.6 Å². The van der Waals surface area contributed by atoms with E-state index < -0.39 is 29.3 Å². The van der Waals surface area contributed by atoms with Crippen LogP contribution in [0.3, 0.4) is 0 Å². The van der Waals surface area contributed by atoms with Gasteiger partial charge in [-0.25, -0.2) is 8.78 Å². The number of rotatable bonds is 4. The van der Waals surface area contributed by atoms with Crippen LogP contribution in [0.5, 0.6) is 0 Å². The van der Waals surface area contributed by atoms with Crippen molar-refractivity contribution in [2.75, 3.05) is 5.32 Å². The molecule has 2 aromatic rings. The number of anilines is 1. The van der Waals surface area contributed by atoms with Crippen molar-refractivity contribution in [2.45, 2.75) is 12.5 Å². The largest absolute Gasteiger partial charge is 0.320 e. The maximum absolute atomic E-state index is 13.6. The van der Waals surface area contributed by atoms with Crippen LogP contribution in [0.15, 0.2) is 46.9 Å². The molecule has 110 valence electrons. The van der Waals surface area contributed by atoms with E-state index >= 15 is 0 Å². The third-order valence-electron chi connectivity index (χ3n) is 2.89. The third-order valence-corrected chi connectivity index (χ3v) is 3.35. The van der Waals surface area contributed by atoms with E-state index in [9.17, 15) is 13.6 Å². The molecule has 0 aromatic heterocycles. The van der Waals surface area contributed by atoms with Crippen molar-refractivity contribution in [3.8, 4) is 0 Å². The van der Waals surface area contributed by atoms with E-state index in [0.29, 0.717) is 0 Å². The number of benzene rings is 2. The number of hydrogen-bond acceptors (Lipinski definition) is 2. The first-order valence-electron chi connectivity index (χ1n) is 6.22. The zero-order chi connectivity index (χ0) is 15.4. The SMILES string of the molecule is NC(Cc1ccccc1)C(=O)Nc1c(F)cc(Br)cc1F. The molecule has 0 saturated heterocycles. The monoisotopic (exact) mass is 354 g/mol. The molecule has 21 heavy (non-hydrogen) atoms. The average Bonchev–Trinajstić information content (AvgIpc) is 2.43. The highest BCUT2D eigenvalue weighted by Crippen LogP contribution is 2.23. The van der Waals surface area contributed by atoms with Crippen molar-refractivity contribution in [3.05, 3.63) is 64.1 Å². The fourth-order valence-electron chi connectivity index (χ4n) is 1.84. The van der Waals surface area contributed by atoms with Crippen LogP contribution < -0.4 is 11.1 Å². The minimum Gasteiger partial charge on any atom is -0.320 e. The minimum absolute atomic E-state index is 0.254. The lowest BCUT2D eigenvalue weighted by Gasteiger charge is -2.13. The second-order valence-electron chi connectivity index (χ2n) is 4.53. The van der Waals surface area contributed by atoms with Crippen molar-refractivity contribution in [2.24, 2.45) is 5.73 Å². The molecular weight excluding hydrogens is 342 g/mol. The topological polar surface area (TPSA) is 55.1 Å². The maximum Gasteiger partial charge on any atom is 0.241 e. The molecule has 0 heterocycles. The molecule has 3 N–H and O–H groups in total. The van der Waals surface area contributed by atoms with E-state index in [1.54, 1.807) is 0 Å². The van der Waals surface area contributed by atoms with Gasteiger partial charge in [-0.2, -0.15) is 0 Å². The molecule has 0 fully saturated rings. The summed E-state index contributed by atoms with van der Waals surface area (Å²) in [5, 5.41) is 2.19. The minimum atomic E-state index is -0.894. The molecule has 2 rings (SSSR count). The first-order chi connectivity index (χ1) is 9.97. The maximum atomic E-state index is 13.6. The Morgan fingerprint density at radius 2 is 1.76 bits per heavy atom. The lowest BCUT2D eigenvalue weighted by Crippen LogP contribution is -2.37. The molecule has 1 unspecified atom stereocenters. The summed E-state index contributed by atoms with van der Waals surface area (Å²) in [5.74, 6) is -2.36. The van der Waals surface area contributed by atoms with Crippen LogP contribution in [0.1, 0.15) is 5.56 Å². The quantitative estimate of drug-likeness (QED) is 0.885. The van der Waals surface area contributed by atoms with E-state index in [1.165, 1.54) is 0 Å². The summed E-state index contributed by atoms with van der Waals surface area (Å²) in [6.45, 7) is 0. The van der Waals surface area contributed by atoms with E-state index in [-0.39, 0.29) is 10.9 Å². The van der Waals surface area contributed by atoms with Gasteiger partial charge in [-0.15, -0.1) is 0 Å². The number of nitrogens with one attached hydrogen (secondary N) is 1. The van der Waals surface area contributed by atoms with E-state index in [1.807, 2.05) is 30.3 Å². The normalized spacial score (nSPS) is 12.0. The van der Waals surface area contributed by atoms with E-state index in [4.69, 9.17) is 5.73 Å². The molecule has 6 heteroatoms. The standard InChI is InChI=1S/C15H13BrF2N2O/c16-10-7-11(17)14(12(18)8-10)20-15(21)13(19)6-9-4-2-1-3-5-9/h1-5,7-8,13H,6,19H2,(H,20,21). The van der Waals surface area contributed by atoms with Crippen LogP contribution in [0.2, 0.25) is 0 Å². The predicted molar refractivity (Wildman–Crippen MR) is 80.8 cm³/mol. The Balaban J connectivity index is 2.08. The van der Waals surface area contributed by atoms with Crippen molar-refractivity contribution >= 4 is 27.5 Å². The van der Waals surface area contributed by atoms with Gasteiger partial charge in [0, 0.05) is 4.47 Å². The predicted octanol–water partition coefficient (Wildman–Crippen LogP) is 3.24. The van der Waals surface area contributed by atoms with Gasteiger partial charge in [0.05, 0.1) is 6.04 Å². The summed E-state index contributed by atoms with van der Waals surface area (Å²) in [7, 11) is 0. The van der Waals surface area contributed by atoms with Crippen molar-refractivity contribution in [1.29, 1.82) is 0 Å². The molecule has 0 aliphatic heterocycles. The Bertz CT molecular complexity index is 626. The molecule has 0 radical (unpaired) electrons. The first-order valence-corrected chi connectivity index (χ1v) is 7.01. The number of carbonyl (C=O) groups is 1. The second-order valence-corrected chi connectivity index (χ2v) is 5.45. The molecule has 0 aliphatic carbocycles. The van der Waals surface area contributed by atoms with Crippen LogP contribution >= 0.6 is 15.9 Å². The molecule has 2 aromatic carbocycles. The van der Waals surface area contributed by atoms with Crippen LogP contribution in [0, 0.1) is 11.6 Å². The summed E-state index contributed by atoms with van der Waals surface area (Å²) in [4.78, 5) is 11.9. The van der Waals surface area contributed by atoms with Gasteiger partial charge in [-0.3, -0.25) is 4.79 Å². The van der Waals surface area contributed by atoms with Crippen LogP contribution in [-0.2, 0) is 11.2 Å². The Labute approximate surface area is 129 Å². The summed E-state index contributed by atoms with van der Waals surface area (Å²) in [5.41, 5.74) is 6.14. The Morgan fingerprint density at radius 3 is 2.33 bits per heavy atom. The molecule has 0 aliphatic rings. The number of halogens is 3. The Hall–Kier alpha value is -1.79. The van der Waals surface area contributed by atoms with Crippen molar-refractivity contribution < 1.29 is 13.6 Å². The number of nitrogens with two attached hydrogens (primary N) is 1. The molecule has 0 bridgehead atoms. The van der Waals surface area contributed by atoms with Gasteiger partial charge >= 0.3 is 0 Å².